The molecule has 1 saturated heterocycles. The molecule has 0 radical (unpaired) electrons. The zero-order valence-corrected chi connectivity index (χ0v) is 16.0. The van der Waals surface area contributed by atoms with Crippen molar-refractivity contribution in [3.8, 4) is 0 Å². The van der Waals surface area contributed by atoms with Gasteiger partial charge in [0.2, 0.25) is 0 Å². The van der Waals surface area contributed by atoms with Crippen molar-refractivity contribution >= 4 is 17.3 Å². The van der Waals surface area contributed by atoms with E-state index in [0.717, 1.165) is 30.0 Å². The van der Waals surface area contributed by atoms with Crippen molar-refractivity contribution in [1.82, 2.24) is 4.98 Å². The van der Waals surface area contributed by atoms with Crippen LogP contribution in [0.15, 0.2) is 79.1 Å². The van der Waals surface area contributed by atoms with Crippen LogP contribution in [0.1, 0.15) is 35.2 Å². The van der Waals surface area contributed by atoms with Gasteiger partial charge < -0.3 is 9.80 Å². The fourth-order valence-electron chi connectivity index (χ4n) is 3.68. The molecule has 0 atom stereocenters. The minimum Gasteiger partial charge on any atom is -0.370 e. The van der Waals surface area contributed by atoms with Crippen LogP contribution in [0.2, 0.25) is 0 Å². The molecule has 0 spiro atoms. The quantitative estimate of drug-likeness (QED) is 0.639. The van der Waals surface area contributed by atoms with E-state index in [9.17, 15) is 4.79 Å². The van der Waals surface area contributed by atoms with Gasteiger partial charge in [-0.25, -0.2) is 0 Å². The summed E-state index contributed by atoms with van der Waals surface area (Å²) in [5.74, 6) is -0.0265. The zero-order chi connectivity index (χ0) is 19.2. The minimum atomic E-state index is -0.0265. The second-order valence-electron chi connectivity index (χ2n) is 7.19. The lowest BCUT2D eigenvalue weighted by Crippen LogP contribution is -2.32. The number of para-hydroxylation sites is 1. The van der Waals surface area contributed by atoms with Gasteiger partial charge in [0.15, 0.2) is 0 Å². The lowest BCUT2D eigenvalue weighted by molar-refractivity contribution is 0.0985. The number of piperidine rings is 1. The first-order valence-corrected chi connectivity index (χ1v) is 9.92. The lowest BCUT2D eigenvalue weighted by Gasteiger charge is -2.29. The molecule has 0 N–H and O–H groups in total. The number of hydrogen-bond acceptors (Lipinski definition) is 3. The second-order valence-corrected chi connectivity index (χ2v) is 7.19. The Labute approximate surface area is 166 Å². The molecule has 1 aliphatic rings. The number of carbonyl (C=O) groups is 1. The summed E-state index contributed by atoms with van der Waals surface area (Å²) < 4.78 is 0. The van der Waals surface area contributed by atoms with Crippen molar-refractivity contribution in [3.05, 3.63) is 90.3 Å². The normalized spacial score (nSPS) is 13.9. The molecular formula is C24H25N3O. The highest BCUT2D eigenvalue weighted by Gasteiger charge is 2.20. The van der Waals surface area contributed by atoms with E-state index in [1.54, 1.807) is 6.20 Å². The molecule has 28 heavy (non-hydrogen) atoms. The van der Waals surface area contributed by atoms with Crippen LogP contribution >= 0.6 is 0 Å². The van der Waals surface area contributed by atoms with Crippen molar-refractivity contribution in [1.29, 1.82) is 0 Å². The molecule has 4 rings (SSSR count). The molecule has 4 heteroatoms. The molecule has 0 saturated carbocycles. The summed E-state index contributed by atoms with van der Waals surface area (Å²) in [5.41, 5.74) is 3.65. The van der Waals surface area contributed by atoms with Gasteiger partial charge in [0.05, 0.1) is 24.0 Å². The average molecular weight is 371 g/mol. The Balaban J connectivity index is 1.63. The molecular weight excluding hydrogens is 346 g/mol. The van der Waals surface area contributed by atoms with Crippen LogP contribution in [-0.2, 0) is 6.54 Å². The Morgan fingerprint density at radius 1 is 0.893 bits per heavy atom. The van der Waals surface area contributed by atoms with E-state index in [2.05, 4.69) is 9.88 Å². The molecule has 2 aromatic carbocycles. The number of rotatable bonds is 5. The van der Waals surface area contributed by atoms with Gasteiger partial charge in [0.25, 0.3) is 5.91 Å². The van der Waals surface area contributed by atoms with Crippen LogP contribution in [0.3, 0.4) is 0 Å². The third kappa shape index (κ3) is 4.22. The summed E-state index contributed by atoms with van der Waals surface area (Å²) in [7, 11) is 0. The summed E-state index contributed by atoms with van der Waals surface area (Å²) in [6.07, 6.45) is 7.22. The summed E-state index contributed by atoms with van der Waals surface area (Å²) in [4.78, 5) is 22.0. The van der Waals surface area contributed by atoms with Crippen molar-refractivity contribution in [3.63, 3.8) is 0 Å². The van der Waals surface area contributed by atoms with Crippen molar-refractivity contribution in [2.24, 2.45) is 0 Å². The minimum absolute atomic E-state index is 0.0265. The Morgan fingerprint density at radius 3 is 2.29 bits per heavy atom. The number of nitrogens with zero attached hydrogens (tertiary/aromatic N) is 3. The predicted octanol–water partition coefficient (Wildman–Crippen LogP) is 4.92. The number of benzene rings is 2. The first kappa shape index (κ1) is 18.2. The molecule has 4 nitrogen and oxygen atoms in total. The van der Waals surface area contributed by atoms with Crippen LogP contribution < -0.4 is 9.80 Å². The maximum Gasteiger partial charge on any atom is 0.260 e. The van der Waals surface area contributed by atoms with E-state index < -0.39 is 0 Å². The highest BCUT2D eigenvalue weighted by Crippen LogP contribution is 2.23. The SMILES string of the molecule is O=C(c1cncc(N2CCCCC2)c1)N(Cc1ccccc1)c1ccccc1. The van der Waals surface area contributed by atoms with Gasteiger partial charge in [0.1, 0.15) is 0 Å². The number of hydrogen-bond donors (Lipinski definition) is 0. The second kappa shape index (κ2) is 8.70. The highest BCUT2D eigenvalue weighted by molar-refractivity contribution is 6.06. The Hall–Kier alpha value is -3.14. The number of pyridine rings is 1. The van der Waals surface area contributed by atoms with Crippen LogP contribution in [0.5, 0.6) is 0 Å². The van der Waals surface area contributed by atoms with E-state index in [1.165, 1.54) is 19.3 Å². The lowest BCUT2D eigenvalue weighted by atomic mass is 10.1. The molecule has 0 unspecified atom stereocenters. The van der Waals surface area contributed by atoms with Crippen LogP contribution in [0.4, 0.5) is 11.4 Å². The van der Waals surface area contributed by atoms with Crippen LogP contribution in [0.25, 0.3) is 0 Å². The Bertz CT molecular complexity index is 905. The van der Waals surface area contributed by atoms with E-state index in [0.29, 0.717) is 12.1 Å². The largest absolute Gasteiger partial charge is 0.370 e. The maximum absolute atomic E-state index is 13.5. The monoisotopic (exact) mass is 371 g/mol. The summed E-state index contributed by atoms with van der Waals surface area (Å²) in [5, 5.41) is 0. The predicted molar refractivity (Wildman–Crippen MR) is 114 cm³/mol. The number of amides is 1. The van der Waals surface area contributed by atoms with Gasteiger partial charge >= 0.3 is 0 Å². The van der Waals surface area contributed by atoms with Crippen LogP contribution in [-0.4, -0.2) is 24.0 Å². The molecule has 0 aliphatic carbocycles. The van der Waals surface area contributed by atoms with E-state index in [-0.39, 0.29) is 5.91 Å². The van der Waals surface area contributed by atoms with E-state index in [4.69, 9.17) is 0 Å². The number of carbonyl (C=O) groups excluding carboxylic acids is 1. The smallest absolute Gasteiger partial charge is 0.260 e. The average Bonchev–Trinajstić information content (AvgIpc) is 2.79. The van der Waals surface area contributed by atoms with Crippen molar-refractivity contribution in [2.75, 3.05) is 22.9 Å². The van der Waals surface area contributed by atoms with E-state index in [1.807, 2.05) is 77.8 Å². The molecule has 142 valence electrons. The van der Waals surface area contributed by atoms with Gasteiger partial charge in [-0.1, -0.05) is 48.5 Å². The number of anilines is 2. The molecule has 2 heterocycles. The van der Waals surface area contributed by atoms with E-state index >= 15 is 0 Å². The molecule has 3 aromatic rings. The molecule has 1 aliphatic heterocycles. The maximum atomic E-state index is 13.5. The van der Waals surface area contributed by atoms with Crippen molar-refractivity contribution < 1.29 is 4.79 Å². The third-order valence-electron chi connectivity index (χ3n) is 5.19. The molecule has 0 bridgehead atoms. The zero-order valence-electron chi connectivity index (χ0n) is 16.0. The summed E-state index contributed by atoms with van der Waals surface area (Å²) in [6.45, 7) is 2.59. The van der Waals surface area contributed by atoms with Gasteiger partial charge in [-0.15, -0.1) is 0 Å². The standard InChI is InChI=1S/C24H25N3O/c28-24(21-16-23(18-25-17-21)26-14-8-3-9-15-26)27(22-12-6-2-7-13-22)19-20-10-4-1-5-11-20/h1-2,4-7,10-13,16-18H,3,8-9,14-15,19H2. The summed E-state index contributed by atoms with van der Waals surface area (Å²) >= 11 is 0. The molecule has 1 aromatic heterocycles. The topological polar surface area (TPSA) is 36.4 Å². The summed E-state index contributed by atoms with van der Waals surface area (Å²) in [6, 6.07) is 21.9. The molecule has 1 amide bonds. The fourth-order valence-corrected chi connectivity index (χ4v) is 3.68. The Morgan fingerprint density at radius 2 is 1.57 bits per heavy atom. The van der Waals surface area contributed by atoms with Crippen molar-refractivity contribution in [2.45, 2.75) is 25.8 Å². The van der Waals surface area contributed by atoms with Crippen LogP contribution in [0, 0.1) is 0 Å². The molecule has 1 fully saturated rings. The van der Waals surface area contributed by atoms with Gasteiger partial charge in [-0.2, -0.15) is 0 Å². The highest BCUT2D eigenvalue weighted by atomic mass is 16.2. The third-order valence-corrected chi connectivity index (χ3v) is 5.19. The van der Waals surface area contributed by atoms with Gasteiger partial charge in [-0.3, -0.25) is 9.78 Å². The fraction of sp³-hybridized carbons (Fsp3) is 0.250. The first-order valence-electron chi connectivity index (χ1n) is 9.92. The van der Waals surface area contributed by atoms with Gasteiger partial charge in [0, 0.05) is 25.0 Å². The van der Waals surface area contributed by atoms with Gasteiger partial charge in [-0.05, 0) is 43.0 Å². The Kier molecular flexibility index (Phi) is 5.66. The first-order chi connectivity index (χ1) is 13.8. The number of aromatic nitrogens is 1.